The first-order valence-corrected chi connectivity index (χ1v) is 3.51. The van der Waals surface area contributed by atoms with Crippen molar-refractivity contribution in [3.63, 3.8) is 0 Å². The molecule has 2 nitrogen and oxygen atoms in total. The molecule has 0 N–H and O–H groups in total. The van der Waals surface area contributed by atoms with Gasteiger partial charge in [-0.3, -0.25) is 4.98 Å². The standard InChI is InChI=1S/C10H8N2/c1-2-9-5-7-12-10(8-9)4-3-6-11/h2-5,7-8H,1H2. The summed E-state index contributed by atoms with van der Waals surface area (Å²) in [4.78, 5) is 4.04. The van der Waals surface area contributed by atoms with Gasteiger partial charge >= 0.3 is 0 Å². The van der Waals surface area contributed by atoms with Crippen LogP contribution in [0.2, 0.25) is 0 Å². The number of nitriles is 1. The van der Waals surface area contributed by atoms with Crippen LogP contribution in [-0.2, 0) is 0 Å². The van der Waals surface area contributed by atoms with Crippen molar-refractivity contribution in [3.8, 4) is 6.07 Å². The van der Waals surface area contributed by atoms with Crippen molar-refractivity contribution in [3.05, 3.63) is 42.2 Å². The molecule has 0 atom stereocenters. The highest BCUT2D eigenvalue weighted by molar-refractivity contribution is 5.54. The van der Waals surface area contributed by atoms with Gasteiger partial charge in [-0.15, -0.1) is 0 Å². The summed E-state index contributed by atoms with van der Waals surface area (Å²) in [5.41, 5.74) is 1.77. The van der Waals surface area contributed by atoms with Crippen molar-refractivity contribution < 1.29 is 0 Å². The van der Waals surface area contributed by atoms with Crippen molar-refractivity contribution in [2.24, 2.45) is 0 Å². The van der Waals surface area contributed by atoms with E-state index >= 15 is 0 Å². The molecule has 1 aromatic rings. The number of pyridine rings is 1. The largest absolute Gasteiger partial charge is 0.257 e. The molecule has 0 amide bonds. The smallest absolute Gasteiger partial charge is 0.0912 e. The van der Waals surface area contributed by atoms with Gasteiger partial charge in [0.15, 0.2) is 0 Å². The molecule has 0 aliphatic heterocycles. The molecule has 1 aromatic heterocycles. The van der Waals surface area contributed by atoms with Crippen LogP contribution < -0.4 is 0 Å². The highest BCUT2D eigenvalue weighted by Crippen LogP contribution is 2.04. The summed E-state index contributed by atoms with van der Waals surface area (Å²) in [5.74, 6) is 0. The molecule has 0 bridgehead atoms. The Hall–Kier alpha value is -1.88. The fourth-order valence-corrected chi connectivity index (χ4v) is 0.806. The molecule has 0 unspecified atom stereocenters. The quantitative estimate of drug-likeness (QED) is 0.616. The predicted octanol–water partition coefficient (Wildman–Crippen LogP) is 2.26. The summed E-state index contributed by atoms with van der Waals surface area (Å²) in [6.07, 6.45) is 6.49. The summed E-state index contributed by atoms with van der Waals surface area (Å²) < 4.78 is 0. The average Bonchev–Trinajstić information content (AvgIpc) is 2.15. The zero-order chi connectivity index (χ0) is 8.81. The van der Waals surface area contributed by atoms with Crippen molar-refractivity contribution >= 4 is 12.2 Å². The Labute approximate surface area is 71.5 Å². The van der Waals surface area contributed by atoms with Crippen molar-refractivity contribution in [2.75, 3.05) is 0 Å². The van der Waals surface area contributed by atoms with Gasteiger partial charge in [0.25, 0.3) is 0 Å². The maximum absolute atomic E-state index is 8.27. The molecule has 12 heavy (non-hydrogen) atoms. The minimum atomic E-state index is 0.772. The van der Waals surface area contributed by atoms with Gasteiger partial charge < -0.3 is 0 Å². The third-order valence-corrected chi connectivity index (χ3v) is 1.37. The van der Waals surface area contributed by atoms with E-state index in [-0.39, 0.29) is 0 Å². The molecule has 0 aliphatic rings. The molecule has 0 aromatic carbocycles. The van der Waals surface area contributed by atoms with Crippen LogP contribution in [0.1, 0.15) is 11.3 Å². The first kappa shape index (κ1) is 8.22. The molecular formula is C10H8N2. The molecule has 58 valence electrons. The summed E-state index contributed by atoms with van der Waals surface area (Å²) in [6, 6.07) is 5.63. The van der Waals surface area contributed by atoms with E-state index in [9.17, 15) is 0 Å². The maximum Gasteiger partial charge on any atom is 0.0912 e. The number of allylic oxidation sites excluding steroid dienone is 1. The predicted molar refractivity (Wildman–Crippen MR) is 49.0 cm³/mol. The van der Waals surface area contributed by atoms with Gasteiger partial charge in [-0.05, 0) is 23.8 Å². The molecule has 0 spiro atoms. The highest BCUT2D eigenvalue weighted by atomic mass is 14.6. The van der Waals surface area contributed by atoms with Crippen molar-refractivity contribution in [1.82, 2.24) is 4.98 Å². The Kier molecular flexibility index (Phi) is 2.80. The van der Waals surface area contributed by atoms with Gasteiger partial charge in [-0.25, -0.2) is 0 Å². The molecule has 1 rings (SSSR count). The van der Waals surface area contributed by atoms with Crippen LogP contribution in [0.25, 0.3) is 12.2 Å². The monoisotopic (exact) mass is 156 g/mol. The first-order valence-electron chi connectivity index (χ1n) is 3.51. The van der Waals surface area contributed by atoms with Crippen LogP contribution in [0, 0.1) is 11.3 Å². The highest BCUT2D eigenvalue weighted by Gasteiger charge is 1.88. The van der Waals surface area contributed by atoms with E-state index in [0.29, 0.717) is 0 Å². The second kappa shape index (κ2) is 4.09. The summed E-state index contributed by atoms with van der Waals surface area (Å²) in [5, 5.41) is 8.27. The fraction of sp³-hybridized carbons (Fsp3) is 0. The van der Waals surface area contributed by atoms with E-state index in [1.807, 2.05) is 18.2 Å². The summed E-state index contributed by atoms with van der Waals surface area (Å²) in [7, 11) is 0. The molecule has 0 aliphatic carbocycles. The maximum atomic E-state index is 8.27. The third kappa shape index (κ3) is 2.06. The van der Waals surface area contributed by atoms with E-state index in [4.69, 9.17) is 5.26 Å². The molecular weight excluding hydrogens is 148 g/mol. The molecule has 0 saturated carbocycles. The normalized spacial score (nSPS) is 9.58. The Morgan fingerprint density at radius 1 is 1.58 bits per heavy atom. The van der Waals surface area contributed by atoms with Crippen molar-refractivity contribution in [2.45, 2.75) is 0 Å². The summed E-state index contributed by atoms with van der Waals surface area (Å²) >= 11 is 0. The lowest BCUT2D eigenvalue weighted by Gasteiger charge is -1.93. The fourth-order valence-electron chi connectivity index (χ4n) is 0.806. The van der Waals surface area contributed by atoms with Crippen LogP contribution in [-0.4, -0.2) is 4.98 Å². The molecule has 2 heteroatoms. The topological polar surface area (TPSA) is 36.7 Å². The number of nitrogens with zero attached hydrogens (tertiary/aromatic N) is 2. The van der Waals surface area contributed by atoms with E-state index < -0.39 is 0 Å². The van der Waals surface area contributed by atoms with Gasteiger partial charge in [-0.1, -0.05) is 12.7 Å². The lowest BCUT2D eigenvalue weighted by atomic mass is 10.2. The molecule has 1 heterocycles. The van der Waals surface area contributed by atoms with Gasteiger partial charge in [0.2, 0.25) is 0 Å². The van der Waals surface area contributed by atoms with Gasteiger partial charge in [0, 0.05) is 12.3 Å². The van der Waals surface area contributed by atoms with Gasteiger partial charge in [0.05, 0.1) is 11.8 Å². The Morgan fingerprint density at radius 2 is 2.42 bits per heavy atom. The number of hydrogen-bond donors (Lipinski definition) is 0. The zero-order valence-corrected chi connectivity index (χ0v) is 6.57. The second-order valence-corrected chi connectivity index (χ2v) is 2.18. The first-order chi connectivity index (χ1) is 5.86. The zero-order valence-electron chi connectivity index (χ0n) is 6.57. The Bertz CT molecular complexity index is 345. The minimum Gasteiger partial charge on any atom is -0.257 e. The lowest BCUT2D eigenvalue weighted by molar-refractivity contribution is 1.29. The van der Waals surface area contributed by atoms with Crippen LogP contribution >= 0.6 is 0 Å². The van der Waals surface area contributed by atoms with Gasteiger partial charge in [0.1, 0.15) is 0 Å². The van der Waals surface area contributed by atoms with E-state index in [1.165, 1.54) is 6.08 Å². The number of rotatable bonds is 2. The molecule has 0 fully saturated rings. The minimum absolute atomic E-state index is 0.772. The summed E-state index contributed by atoms with van der Waals surface area (Å²) in [6.45, 7) is 3.64. The number of hydrogen-bond acceptors (Lipinski definition) is 2. The van der Waals surface area contributed by atoms with Crippen molar-refractivity contribution in [1.29, 1.82) is 5.26 Å². The van der Waals surface area contributed by atoms with E-state index in [2.05, 4.69) is 11.6 Å². The number of aromatic nitrogens is 1. The van der Waals surface area contributed by atoms with E-state index in [1.54, 1.807) is 18.3 Å². The molecule has 0 saturated heterocycles. The average molecular weight is 156 g/mol. The Balaban J connectivity index is 2.95. The molecule has 0 radical (unpaired) electrons. The van der Waals surface area contributed by atoms with Crippen LogP contribution in [0.4, 0.5) is 0 Å². The van der Waals surface area contributed by atoms with Crippen LogP contribution in [0.5, 0.6) is 0 Å². The lowest BCUT2D eigenvalue weighted by Crippen LogP contribution is -1.80. The Morgan fingerprint density at radius 3 is 3.08 bits per heavy atom. The van der Waals surface area contributed by atoms with Crippen LogP contribution in [0.3, 0.4) is 0 Å². The van der Waals surface area contributed by atoms with Gasteiger partial charge in [-0.2, -0.15) is 5.26 Å². The second-order valence-electron chi connectivity index (χ2n) is 2.18. The SMILES string of the molecule is C=Cc1ccnc(C=CC#N)c1. The van der Waals surface area contributed by atoms with E-state index in [0.717, 1.165) is 11.3 Å². The third-order valence-electron chi connectivity index (χ3n) is 1.37. The van der Waals surface area contributed by atoms with Crippen LogP contribution in [0.15, 0.2) is 31.0 Å².